The van der Waals surface area contributed by atoms with Gasteiger partial charge in [-0.1, -0.05) is 16.9 Å². The minimum absolute atomic E-state index is 0.00574. The SMILES string of the molecule is CC(=O)SC1CC(=O)N(c2nnn(C)n2)C1. The van der Waals surface area contributed by atoms with Gasteiger partial charge in [0.15, 0.2) is 5.12 Å². The van der Waals surface area contributed by atoms with Gasteiger partial charge in [-0.05, 0) is 5.21 Å². The van der Waals surface area contributed by atoms with E-state index in [1.165, 1.54) is 28.4 Å². The van der Waals surface area contributed by atoms with Crippen LogP contribution in [0.25, 0.3) is 0 Å². The lowest BCUT2D eigenvalue weighted by Gasteiger charge is -2.09. The first-order valence-electron chi connectivity index (χ1n) is 4.78. The molecule has 0 radical (unpaired) electrons. The van der Waals surface area contributed by atoms with Gasteiger partial charge in [-0.25, -0.2) is 0 Å². The van der Waals surface area contributed by atoms with E-state index in [1.807, 2.05) is 0 Å². The maximum absolute atomic E-state index is 11.7. The molecule has 1 aliphatic rings. The van der Waals surface area contributed by atoms with Crippen molar-refractivity contribution in [2.75, 3.05) is 11.4 Å². The van der Waals surface area contributed by atoms with Crippen LogP contribution in [-0.4, -0.2) is 43.0 Å². The molecule has 7 nitrogen and oxygen atoms in total. The quantitative estimate of drug-likeness (QED) is 0.700. The highest BCUT2D eigenvalue weighted by Crippen LogP contribution is 2.26. The van der Waals surface area contributed by atoms with Crippen LogP contribution in [0.15, 0.2) is 0 Å². The number of hydrogen-bond donors (Lipinski definition) is 0. The first kappa shape index (κ1) is 11.1. The fourth-order valence-electron chi connectivity index (χ4n) is 1.56. The number of amides is 1. The van der Waals surface area contributed by atoms with Crippen LogP contribution >= 0.6 is 11.8 Å². The van der Waals surface area contributed by atoms with Gasteiger partial charge in [-0.2, -0.15) is 4.80 Å². The van der Waals surface area contributed by atoms with Crippen LogP contribution in [0.2, 0.25) is 0 Å². The molecule has 1 aromatic rings. The van der Waals surface area contributed by atoms with Gasteiger partial charge in [0.2, 0.25) is 5.91 Å². The Morgan fingerprint density at radius 3 is 2.88 bits per heavy atom. The van der Waals surface area contributed by atoms with Crippen molar-refractivity contribution >= 4 is 28.7 Å². The lowest BCUT2D eigenvalue weighted by molar-refractivity contribution is -0.117. The molecule has 1 aromatic heterocycles. The van der Waals surface area contributed by atoms with Crippen LogP contribution in [0, 0.1) is 0 Å². The maximum Gasteiger partial charge on any atom is 0.272 e. The van der Waals surface area contributed by atoms with E-state index in [0.717, 1.165) is 0 Å². The Balaban J connectivity index is 2.08. The summed E-state index contributed by atoms with van der Waals surface area (Å²) in [4.78, 5) is 25.4. The summed E-state index contributed by atoms with van der Waals surface area (Å²) in [5, 5.41) is 11.4. The van der Waals surface area contributed by atoms with Gasteiger partial charge in [0.25, 0.3) is 5.95 Å². The number of rotatable bonds is 2. The molecule has 1 atom stereocenters. The summed E-state index contributed by atoms with van der Waals surface area (Å²) in [6, 6.07) is 0. The predicted molar refractivity (Wildman–Crippen MR) is 57.8 cm³/mol. The second-order valence-electron chi connectivity index (χ2n) is 3.52. The molecule has 2 heterocycles. The van der Waals surface area contributed by atoms with Crippen LogP contribution in [0.4, 0.5) is 5.95 Å². The molecule has 8 heteroatoms. The smallest absolute Gasteiger partial charge is 0.272 e. The number of aryl methyl sites for hydroxylation is 1. The van der Waals surface area contributed by atoms with E-state index in [-0.39, 0.29) is 16.3 Å². The summed E-state index contributed by atoms with van der Waals surface area (Å²) < 4.78 is 0. The molecule has 1 fully saturated rings. The van der Waals surface area contributed by atoms with Crippen molar-refractivity contribution in [3.8, 4) is 0 Å². The van der Waals surface area contributed by atoms with Crippen molar-refractivity contribution in [1.82, 2.24) is 20.2 Å². The lowest BCUT2D eigenvalue weighted by Crippen LogP contribution is -2.26. The molecule has 86 valence electrons. The third-order valence-corrected chi connectivity index (χ3v) is 3.14. The van der Waals surface area contributed by atoms with Crippen LogP contribution < -0.4 is 4.90 Å². The second-order valence-corrected chi connectivity index (χ2v) is 5.00. The topological polar surface area (TPSA) is 81.0 Å². The van der Waals surface area contributed by atoms with Gasteiger partial charge in [0, 0.05) is 25.1 Å². The van der Waals surface area contributed by atoms with E-state index in [2.05, 4.69) is 15.4 Å². The number of tetrazole rings is 1. The zero-order valence-electron chi connectivity index (χ0n) is 8.95. The second kappa shape index (κ2) is 4.20. The van der Waals surface area contributed by atoms with Crippen molar-refractivity contribution in [3.05, 3.63) is 0 Å². The Morgan fingerprint density at radius 1 is 1.56 bits per heavy atom. The normalized spacial score (nSPS) is 20.5. The molecule has 1 unspecified atom stereocenters. The first-order valence-corrected chi connectivity index (χ1v) is 5.66. The first-order chi connectivity index (χ1) is 7.56. The molecule has 0 saturated carbocycles. The van der Waals surface area contributed by atoms with Crippen molar-refractivity contribution in [2.24, 2.45) is 7.05 Å². The van der Waals surface area contributed by atoms with E-state index < -0.39 is 0 Å². The number of hydrogen-bond acceptors (Lipinski definition) is 6. The average molecular weight is 241 g/mol. The summed E-state index contributed by atoms with van der Waals surface area (Å²) in [5.41, 5.74) is 0. The number of aromatic nitrogens is 4. The number of thioether (sulfide) groups is 1. The Bertz CT molecular complexity index is 432. The Labute approximate surface area is 96.2 Å². The summed E-state index contributed by atoms with van der Waals surface area (Å²) in [5.74, 6) is 0.242. The molecular formula is C8H11N5O2S. The van der Waals surface area contributed by atoms with Crippen LogP contribution in [0.5, 0.6) is 0 Å². The van der Waals surface area contributed by atoms with Crippen LogP contribution in [-0.2, 0) is 16.6 Å². The minimum Gasteiger partial charge on any atom is -0.288 e. The molecular weight excluding hydrogens is 230 g/mol. The Morgan fingerprint density at radius 2 is 2.31 bits per heavy atom. The molecule has 1 aliphatic heterocycles. The monoisotopic (exact) mass is 241 g/mol. The third-order valence-electron chi connectivity index (χ3n) is 2.16. The van der Waals surface area contributed by atoms with Crippen molar-refractivity contribution < 1.29 is 9.59 Å². The van der Waals surface area contributed by atoms with Gasteiger partial charge < -0.3 is 0 Å². The van der Waals surface area contributed by atoms with Gasteiger partial charge in [-0.3, -0.25) is 14.5 Å². The number of carbonyl (C=O) groups excluding carboxylic acids is 2. The summed E-state index contributed by atoms with van der Waals surface area (Å²) in [6.45, 7) is 1.97. The van der Waals surface area contributed by atoms with Crippen LogP contribution in [0.1, 0.15) is 13.3 Å². The van der Waals surface area contributed by atoms with E-state index in [1.54, 1.807) is 7.05 Å². The molecule has 1 saturated heterocycles. The highest BCUT2D eigenvalue weighted by atomic mass is 32.2. The van der Waals surface area contributed by atoms with Crippen molar-refractivity contribution in [1.29, 1.82) is 0 Å². The van der Waals surface area contributed by atoms with E-state index in [4.69, 9.17) is 0 Å². The largest absolute Gasteiger partial charge is 0.288 e. The zero-order valence-corrected chi connectivity index (χ0v) is 9.77. The highest BCUT2D eigenvalue weighted by molar-refractivity contribution is 8.14. The lowest BCUT2D eigenvalue weighted by atomic mass is 10.4. The number of nitrogens with zero attached hydrogens (tertiary/aromatic N) is 5. The summed E-state index contributed by atoms with van der Waals surface area (Å²) in [7, 11) is 1.64. The number of carbonyl (C=O) groups is 2. The third kappa shape index (κ3) is 2.21. The van der Waals surface area contributed by atoms with Gasteiger partial charge in [0.05, 0.1) is 7.05 Å². The van der Waals surface area contributed by atoms with E-state index in [9.17, 15) is 9.59 Å². The summed E-state index contributed by atoms with van der Waals surface area (Å²) >= 11 is 1.19. The molecule has 0 bridgehead atoms. The Hall–Kier alpha value is -1.44. The van der Waals surface area contributed by atoms with Crippen LogP contribution in [0.3, 0.4) is 0 Å². The Kier molecular flexibility index (Phi) is 2.90. The predicted octanol–water partition coefficient (Wildman–Crippen LogP) is -0.405. The van der Waals surface area contributed by atoms with Gasteiger partial charge in [-0.15, -0.1) is 5.10 Å². The van der Waals surface area contributed by atoms with E-state index in [0.29, 0.717) is 18.9 Å². The summed E-state index contributed by atoms with van der Waals surface area (Å²) in [6.07, 6.45) is 0.350. The minimum atomic E-state index is -0.0632. The van der Waals surface area contributed by atoms with E-state index >= 15 is 0 Å². The zero-order chi connectivity index (χ0) is 11.7. The molecule has 16 heavy (non-hydrogen) atoms. The van der Waals surface area contributed by atoms with Gasteiger partial charge in [0.1, 0.15) is 0 Å². The molecule has 0 N–H and O–H groups in total. The van der Waals surface area contributed by atoms with Gasteiger partial charge >= 0.3 is 0 Å². The molecule has 1 amide bonds. The molecule has 0 aliphatic carbocycles. The highest BCUT2D eigenvalue weighted by Gasteiger charge is 2.34. The standard InChI is InChI=1S/C8H11N5O2S/c1-5(14)16-6-3-7(15)13(4-6)8-9-11-12(2)10-8/h6H,3-4H2,1-2H3. The van der Waals surface area contributed by atoms with Crippen molar-refractivity contribution in [3.63, 3.8) is 0 Å². The van der Waals surface area contributed by atoms with Crippen molar-refractivity contribution in [2.45, 2.75) is 18.6 Å². The average Bonchev–Trinajstić information content (AvgIpc) is 2.72. The fraction of sp³-hybridized carbons (Fsp3) is 0.625. The fourth-order valence-corrected chi connectivity index (χ4v) is 2.48. The molecule has 0 spiro atoms. The maximum atomic E-state index is 11.7. The molecule has 0 aromatic carbocycles. The molecule has 2 rings (SSSR count). The number of anilines is 1.